The Labute approximate surface area is 376 Å². The maximum absolute atomic E-state index is 15.3. The number of benzene rings is 4. The summed E-state index contributed by atoms with van der Waals surface area (Å²) in [7, 11) is -1.77. The lowest BCUT2D eigenvalue weighted by molar-refractivity contribution is -0.136. The maximum atomic E-state index is 15.3. The second-order valence-corrected chi connectivity index (χ2v) is 21.1. The highest BCUT2D eigenvalue weighted by atomic mass is 35.5. The second kappa shape index (κ2) is 17.8. The van der Waals surface area contributed by atoms with E-state index in [9.17, 15) is 22.8 Å². The van der Waals surface area contributed by atoms with Crippen LogP contribution in [0.15, 0.2) is 97.9 Å². The van der Waals surface area contributed by atoms with Crippen LogP contribution in [0.3, 0.4) is 0 Å². The fraction of sp³-hybridized carbons (Fsp3) is 0.408. The van der Waals surface area contributed by atoms with E-state index in [0.717, 1.165) is 97.0 Å². The van der Waals surface area contributed by atoms with E-state index in [1.807, 2.05) is 0 Å². The lowest BCUT2D eigenvalue weighted by Gasteiger charge is -2.52. The molecule has 0 atom stereocenters. The fourth-order valence-electron chi connectivity index (χ4n) is 9.51. The number of alkyl halides is 4. The van der Waals surface area contributed by atoms with Crippen molar-refractivity contribution in [1.82, 2.24) is 5.32 Å². The predicted molar refractivity (Wildman–Crippen MR) is 246 cm³/mol. The third kappa shape index (κ3) is 7.83. The molecule has 4 aliphatic rings. The van der Waals surface area contributed by atoms with Gasteiger partial charge in [0.15, 0.2) is 0 Å². The lowest BCUT2D eigenvalue weighted by atomic mass is 9.75. The molecule has 0 saturated carbocycles. The molecule has 338 valence electrons. The topological polar surface area (TPSA) is 105 Å². The Morgan fingerprint density at radius 3 is 1.98 bits per heavy atom. The molecule has 5 aromatic rings. The van der Waals surface area contributed by atoms with Crippen molar-refractivity contribution in [2.24, 2.45) is 0 Å². The molecule has 0 unspecified atom stereocenters. The van der Waals surface area contributed by atoms with E-state index in [0.29, 0.717) is 48.5 Å². The number of ether oxygens (including phenoxy) is 2. The lowest BCUT2D eigenvalue weighted by Crippen LogP contribution is -2.49. The minimum Gasteiger partial charge on any atom is -0.423 e. The maximum Gasteiger partial charge on any atom is 0.417 e. The summed E-state index contributed by atoms with van der Waals surface area (Å²) >= 11 is 5.75. The van der Waals surface area contributed by atoms with E-state index in [1.54, 1.807) is 23.1 Å². The summed E-state index contributed by atoms with van der Waals surface area (Å²) in [5, 5.41) is 2.67. The van der Waals surface area contributed by atoms with Crippen LogP contribution in [0.4, 0.5) is 30.2 Å². The number of carbonyl (C=O) groups is 2. The van der Waals surface area contributed by atoms with Crippen LogP contribution in [0.5, 0.6) is 0 Å². The molecular formula is C49H52ClF3N4O6S. The van der Waals surface area contributed by atoms with Crippen LogP contribution in [-0.4, -0.2) is 89.4 Å². The van der Waals surface area contributed by atoms with Gasteiger partial charge in [-0.15, -0.1) is 11.6 Å². The summed E-state index contributed by atoms with van der Waals surface area (Å²) in [5.74, 6) is -0.0871. The highest BCUT2D eigenvalue weighted by molar-refractivity contribution is 8.32. The molecule has 4 aliphatic heterocycles. The van der Waals surface area contributed by atoms with Gasteiger partial charge in [0.25, 0.3) is 11.8 Å². The molecule has 0 bridgehead atoms. The van der Waals surface area contributed by atoms with Gasteiger partial charge in [-0.1, -0.05) is 25.0 Å². The van der Waals surface area contributed by atoms with Crippen LogP contribution in [0.25, 0.3) is 11.0 Å². The van der Waals surface area contributed by atoms with Crippen molar-refractivity contribution in [1.29, 1.82) is 0 Å². The molecular weight excluding hydrogens is 865 g/mol. The molecule has 2 amide bonds. The summed E-state index contributed by atoms with van der Waals surface area (Å²) in [4.78, 5) is 50.4. The molecule has 5 heterocycles. The van der Waals surface area contributed by atoms with E-state index >= 15 is 4.79 Å². The summed E-state index contributed by atoms with van der Waals surface area (Å²) < 4.78 is 59.7. The zero-order valence-corrected chi connectivity index (χ0v) is 37.6. The molecule has 15 heteroatoms. The number of carbonyl (C=O) groups excluding carboxylic acids is 2. The molecule has 4 aromatic carbocycles. The van der Waals surface area contributed by atoms with Crippen molar-refractivity contribution in [3.63, 3.8) is 0 Å². The monoisotopic (exact) mass is 916 g/mol. The molecule has 0 radical (unpaired) electrons. The standard InChI is InChI=1S/C49H52ClF3N4O6S/c1-64(2)43-29-33(55-19-7-20-55)11-15-38(43)48(39-16-12-34(30-44(39)64)56-21-8-22-56)40-27-32(46(59)54-18-24-62-26-25-61-23-6-4-3-5-17-50)9-13-37(40)47(60)57(48)35-10-14-36-41(49(51,52)53)31-45(58)63-42(36)28-35/h9-16,27-31H,3-8,17-26H2,1-2H3,(H,54,59). The fourth-order valence-corrected chi connectivity index (χ4v) is 12.3. The summed E-state index contributed by atoms with van der Waals surface area (Å²) in [6.45, 7) is 5.74. The normalized spacial score (nSPS) is 17.5. The van der Waals surface area contributed by atoms with Gasteiger partial charge in [0.1, 0.15) is 11.1 Å². The van der Waals surface area contributed by atoms with Gasteiger partial charge < -0.3 is 29.0 Å². The van der Waals surface area contributed by atoms with Gasteiger partial charge in [0.05, 0.1) is 25.4 Å². The van der Waals surface area contributed by atoms with Gasteiger partial charge in [-0.3, -0.25) is 14.5 Å². The first-order valence-electron chi connectivity index (χ1n) is 22.0. The Balaban J connectivity index is 1.14. The van der Waals surface area contributed by atoms with Crippen LogP contribution < -0.4 is 25.6 Å². The number of rotatable bonds is 16. The van der Waals surface area contributed by atoms with Gasteiger partial charge >= 0.3 is 11.8 Å². The van der Waals surface area contributed by atoms with E-state index < -0.39 is 38.8 Å². The predicted octanol–water partition coefficient (Wildman–Crippen LogP) is 9.54. The molecule has 1 spiro atoms. The molecule has 1 aromatic heterocycles. The largest absolute Gasteiger partial charge is 0.423 e. The van der Waals surface area contributed by atoms with Gasteiger partial charge in [0, 0.05) is 106 Å². The summed E-state index contributed by atoms with van der Waals surface area (Å²) in [6.07, 6.45) is 6.02. The molecule has 0 aliphatic carbocycles. The van der Waals surface area contributed by atoms with E-state index in [-0.39, 0.29) is 35.7 Å². The number of hydrogen-bond donors (Lipinski definition) is 1. The smallest absolute Gasteiger partial charge is 0.417 e. The number of unbranched alkanes of at least 4 members (excludes halogenated alkanes) is 3. The Morgan fingerprint density at radius 1 is 0.750 bits per heavy atom. The first-order valence-corrected chi connectivity index (χ1v) is 25.0. The Hall–Kier alpha value is -5.02. The van der Waals surface area contributed by atoms with Crippen LogP contribution in [0, 0.1) is 0 Å². The van der Waals surface area contributed by atoms with Crippen LogP contribution in [0.2, 0.25) is 0 Å². The molecule has 2 fully saturated rings. The zero-order valence-electron chi connectivity index (χ0n) is 36.0. The van der Waals surface area contributed by atoms with Gasteiger partial charge in [-0.05, 0) is 104 Å². The molecule has 1 N–H and O–H groups in total. The highest BCUT2D eigenvalue weighted by Gasteiger charge is 2.58. The number of fused-ring (bicyclic) bond motifs is 7. The van der Waals surface area contributed by atoms with E-state index in [4.69, 9.17) is 25.5 Å². The van der Waals surface area contributed by atoms with E-state index in [2.05, 4.69) is 64.0 Å². The minimum atomic E-state index is -4.82. The summed E-state index contributed by atoms with van der Waals surface area (Å²) in [6, 6.07) is 22.4. The number of nitrogens with zero attached hydrogens (tertiary/aromatic N) is 3. The summed E-state index contributed by atoms with van der Waals surface area (Å²) in [5.41, 5.74) is 1.34. The van der Waals surface area contributed by atoms with Crippen molar-refractivity contribution in [3.8, 4) is 0 Å². The van der Waals surface area contributed by atoms with Crippen molar-refractivity contribution in [3.05, 3.63) is 123 Å². The Bertz CT molecular complexity index is 2600. The minimum absolute atomic E-state index is 0.236. The van der Waals surface area contributed by atoms with Gasteiger partial charge in [-0.2, -0.15) is 23.2 Å². The Kier molecular flexibility index (Phi) is 12.3. The van der Waals surface area contributed by atoms with Gasteiger partial charge in [-0.25, -0.2) is 4.79 Å². The third-order valence-corrected chi connectivity index (χ3v) is 16.2. The molecule has 2 saturated heterocycles. The number of hydrogen-bond acceptors (Lipinski definition) is 8. The van der Waals surface area contributed by atoms with Crippen LogP contribution in [0.1, 0.15) is 81.5 Å². The molecule has 9 rings (SSSR count). The first kappa shape index (κ1) is 44.2. The highest BCUT2D eigenvalue weighted by Crippen LogP contribution is 2.70. The average molecular weight is 917 g/mol. The molecule has 64 heavy (non-hydrogen) atoms. The SMILES string of the molecule is CS1(C)c2cc(N3CCC3)ccc2C2(c3cc(C(=O)NCCOCCOCCCCCCCl)ccc3C(=O)N2c2ccc3c(C(F)(F)F)cc(=O)oc3c2)c2ccc(N3CCC3)cc21. The number of anilines is 3. The van der Waals surface area contributed by atoms with Crippen LogP contribution >= 0.6 is 21.6 Å². The first-order chi connectivity index (χ1) is 30.8. The average Bonchev–Trinajstić information content (AvgIpc) is 3.49. The van der Waals surface area contributed by atoms with E-state index in [1.165, 1.54) is 18.2 Å². The van der Waals surface area contributed by atoms with Crippen LogP contribution in [-0.2, 0) is 21.2 Å². The van der Waals surface area contributed by atoms with Crippen molar-refractivity contribution >= 4 is 61.5 Å². The van der Waals surface area contributed by atoms with Crippen molar-refractivity contribution in [2.45, 2.75) is 60.0 Å². The quantitative estimate of drug-likeness (QED) is 0.0594. The van der Waals surface area contributed by atoms with Crippen molar-refractivity contribution in [2.75, 3.05) is 92.2 Å². The number of amides is 2. The van der Waals surface area contributed by atoms with Crippen molar-refractivity contribution < 1.29 is 36.7 Å². The number of nitrogens with one attached hydrogen (secondary N) is 1. The zero-order chi connectivity index (χ0) is 44.8. The van der Waals surface area contributed by atoms with Gasteiger partial charge in [0.2, 0.25) is 0 Å². The third-order valence-electron chi connectivity index (χ3n) is 13.1. The number of halogens is 4. The Morgan fingerprint density at radius 2 is 1.38 bits per heavy atom. The second-order valence-electron chi connectivity index (χ2n) is 17.2. The molecule has 10 nitrogen and oxygen atoms in total.